The van der Waals surface area contributed by atoms with Crippen molar-refractivity contribution in [1.29, 1.82) is 0 Å². The molecule has 4 aliphatic rings. The van der Waals surface area contributed by atoms with Gasteiger partial charge in [0.1, 0.15) is 6.07 Å². The minimum atomic E-state index is 0.377. The zero-order chi connectivity index (χ0) is 11.6. The van der Waals surface area contributed by atoms with Crippen LogP contribution in [0.5, 0.6) is 0 Å². The van der Waals surface area contributed by atoms with Crippen LogP contribution in [0.4, 0.5) is 0 Å². The largest absolute Gasteiger partial charge is 0.365 e. The molecule has 4 fully saturated rings. The summed E-state index contributed by atoms with van der Waals surface area (Å²) in [6, 6.07) is 0.377. The van der Waals surface area contributed by atoms with Gasteiger partial charge in [-0.2, -0.15) is 0 Å². The highest BCUT2D eigenvalue weighted by Crippen LogP contribution is 2.59. The average Bonchev–Trinajstić information content (AvgIpc) is 2.27. The Hall–Kier alpha value is 0.250. The van der Waals surface area contributed by atoms with Crippen molar-refractivity contribution in [3.05, 3.63) is 0 Å². The van der Waals surface area contributed by atoms with E-state index in [1.165, 1.54) is 38.5 Å². The number of alkyl halides is 1. The van der Waals surface area contributed by atoms with E-state index in [1.54, 1.807) is 0 Å². The first kappa shape index (κ1) is 12.7. The van der Waals surface area contributed by atoms with Gasteiger partial charge in [0.05, 0.1) is 6.61 Å². The maximum Gasteiger partial charge on any atom is 0.120 e. The second-order valence-corrected chi connectivity index (χ2v) is 6.09. The van der Waals surface area contributed by atoms with Gasteiger partial charge in [-0.3, -0.25) is 0 Å². The predicted molar refractivity (Wildman–Crippen MR) is 68.6 cm³/mol. The summed E-state index contributed by atoms with van der Waals surface area (Å²) >= 11 is 5.62. The summed E-state index contributed by atoms with van der Waals surface area (Å²) in [5, 5.41) is 0. The van der Waals surface area contributed by atoms with Crippen molar-refractivity contribution >= 4 is 11.6 Å². The summed E-state index contributed by atoms with van der Waals surface area (Å²) < 4.78 is 5.48. The van der Waals surface area contributed by atoms with Crippen LogP contribution in [-0.4, -0.2) is 12.7 Å². The van der Waals surface area contributed by atoms with E-state index in [4.69, 9.17) is 16.3 Å². The van der Waals surface area contributed by atoms with Gasteiger partial charge >= 0.3 is 0 Å². The minimum Gasteiger partial charge on any atom is -0.365 e. The molecule has 4 saturated carbocycles. The van der Waals surface area contributed by atoms with Gasteiger partial charge in [-0.05, 0) is 61.7 Å². The topological polar surface area (TPSA) is 9.23 Å². The van der Waals surface area contributed by atoms with Crippen molar-refractivity contribution in [2.24, 2.45) is 23.2 Å². The van der Waals surface area contributed by atoms with Crippen LogP contribution in [0, 0.1) is 23.2 Å². The van der Waals surface area contributed by atoms with Crippen molar-refractivity contribution in [2.45, 2.75) is 52.4 Å². The average molecular weight is 245 g/mol. The summed E-state index contributed by atoms with van der Waals surface area (Å²) in [4.78, 5) is 0. The smallest absolute Gasteiger partial charge is 0.120 e. The Morgan fingerprint density at radius 2 is 1.44 bits per heavy atom. The SMILES string of the molecule is CC.ClCOCC12CC3CC(CC(C3)C1)C2. The van der Waals surface area contributed by atoms with Gasteiger partial charge in [0, 0.05) is 0 Å². The lowest BCUT2D eigenvalue weighted by Crippen LogP contribution is -2.48. The lowest BCUT2D eigenvalue weighted by atomic mass is 9.50. The molecule has 0 amide bonds. The van der Waals surface area contributed by atoms with Gasteiger partial charge in [-0.1, -0.05) is 25.4 Å². The van der Waals surface area contributed by atoms with Crippen LogP contribution in [0.2, 0.25) is 0 Å². The maximum atomic E-state index is 5.62. The lowest BCUT2D eigenvalue weighted by molar-refractivity contribution is -0.0906. The quantitative estimate of drug-likeness (QED) is 0.667. The van der Waals surface area contributed by atoms with Gasteiger partial charge in [0.15, 0.2) is 0 Å². The van der Waals surface area contributed by atoms with Crippen molar-refractivity contribution in [1.82, 2.24) is 0 Å². The Balaban J connectivity index is 0.000000457. The molecule has 0 radical (unpaired) electrons. The predicted octanol–water partition coefficient (Wildman–Crippen LogP) is 4.44. The van der Waals surface area contributed by atoms with E-state index in [9.17, 15) is 0 Å². The highest BCUT2D eigenvalue weighted by Gasteiger charge is 2.50. The Bertz CT molecular complexity index is 191. The molecule has 4 bridgehead atoms. The Kier molecular flexibility index (Phi) is 4.18. The van der Waals surface area contributed by atoms with Gasteiger partial charge in [0.2, 0.25) is 0 Å². The molecule has 1 nitrogen and oxygen atoms in total. The normalized spacial score (nSPS) is 44.1. The first-order valence-corrected chi connectivity index (χ1v) is 7.47. The second kappa shape index (κ2) is 5.27. The summed E-state index contributed by atoms with van der Waals surface area (Å²) in [5.74, 6) is 3.08. The highest BCUT2D eigenvalue weighted by molar-refractivity contribution is 6.17. The monoisotopic (exact) mass is 244 g/mol. The Labute approximate surface area is 105 Å². The van der Waals surface area contributed by atoms with Gasteiger partial charge in [0.25, 0.3) is 0 Å². The van der Waals surface area contributed by atoms with Crippen LogP contribution < -0.4 is 0 Å². The molecule has 0 saturated heterocycles. The van der Waals surface area contributed by atoms with Crippen molar-refractivity contribution < 1.29 is 4.74 Å². The van der Waals surface area contributed by atoms with Crippen molar-refractivity contribution in [2.75, 3.05) is 12.7 Å². The molecular formula is C14H25ClO. The van der Waals surface area contributed by atoms with E-state index in [2.05, 4.69) is 0 Å². The number of halogens is 1. The first-order valence-electron chi connectivity index (χ1n) is 6.93. The number of rotatable bonds is 3. The highest BCUT2D eigenvalue weighted by atomic mass is 35.5. The fourth-order valence-corrected chi connectivity index (χ4v) is 4.80. The van der Waals surface area contributed by atoms with Gasteiger partial charge in [-0.15, -0.1) is 0 Å². The molecule has 0 unspecified atom stereocenters. The molecule has 0 N–H and O–H groups in total. The van der Waals surface area contributed by atoms with E-state index in [0.29, 0.717) is 11.5 Å². The molecule has 0 aromatic rings. The fraction of sp³-hybridized carbons (Fsp3) is 1.00. The van der Waals surface area contributed by atoms with Crippen molar-refractivity contribution in [3.63, 3.8) is 0 Å². The van der Waals surface area contributed by atoms with E-state index in [1.807, 2.05) is 13.8 Å². The van der Waals surface area contributed by atoms with Crippen LogP contribution in [0.1, 0.15) is 52.4 Å². The van der Waals surface area contributed by atoms with Crippen LogP contribution >= 0.6 is 11.6 Å². The summed E-state index contributed by atoms with van der Waals surface area (Å²) in [6.07, 6.45) is 8.82. The third-order valence-electron chi connectivity index (χ3n) is 4.65. The molecule has 0 aromatic heterocycles. The van der Waals surface area contributed by atoms with Gasteiger partial charge in [-0.25, -0.2) is 0 Å². The van der Waals surface area contributed by atoms with Crippen LogP contribution in [0.25, 0.3) is 0 Å². The van der Waals surface area contributed by atoms with Crippen LogP contribution in [0.15, 0.2) is 0 Å². The van der Waals surface area contributed by atoms with Crippen molar-refractivity contribution in [3.8, 4) is 0 Å². The van der Waals surface area contributed by atoms with E-state index < -0.39 is 0 Å². The number of hydrogen-bond donors (Lipinski definition) is 0. The molecule has 0 aromatic carbocycles. The standard InChI is InChI=1S/C12H19ClO.C2H6/c13-8-14-7-12-4-9-1-10(5-12)3-11(2-9)6-12;1-2/h9-11H,1-8H2;1-2H3. The molecule has 4 aliphatic carbocycles. The Morgan fingerprint density at radius 1 is 1.00 bits per heavy atom. The van der Waals surface area contributed by atoms with E-state index in [-0.39, 0.29) is 0 Å². The fourth-order valence-electron chi connectivity index (χ4n) is 4.72. The molecular weight excluding hydrogens is 220 g/mol. The molecule has 0 aliphatic heterocycles. The van der Waals surface area contributed by atoms with E-state index >= 15 is 0 Å². The molecule has 94 valence electrons. The molecule has 0 spiro atoms. The van der Waals surface area contributed by atoms with Gasteiger partial charge < -0.3 is 4.74 Å². The summed E-state index contributed by atoms with van der Waals surface area (Å²) in [5.41, 5.74) is 0.545. The minimum absolute atomic E-state index is 0.377. The molecule has 0 atom stereocenters. The third kappa shape index (κ3) is 2.41. The summed E-state index contributed by atoms with van der Waals surface area (Å²) in [6.45, 7) is 4.93. The molecule has 0 heterocycles. The third-order valence-corrected chi connectivity index (χ3v) is 4.80. The van der Waals surface area contributed by atoms with Crippen LogP contribution in [-0.2, 0) is 4.74 Å². The molecule has 16 heavy (non-hydrogen) atoms. The number of ether oxygens (including phenoxy) is 1. The maximum absolute atomic E-state index is 5.62. The first-order chi connectivity index (χ1) is 7.80. The lowest BCUT2D eigenvalue weighted by Gasteiger charge is -2.56. The zero-order valence-electron chi connectivity index (χ0n) is 10.7. The Morgan fingerprint density at radius 3 is 1.81 bits per heavy atom. The summed E-state index contributed by atoms with van der Waals surface area (Å²) in [7, 11) is 0. The zero-order valence-corrected chi connectivity index (χ0v) is 11.4. The second-order valence-electron chi connectivity index (χ2n) is 5.88. The molecule has 4 rings (SSSR count). The molecule has 2 heteroatoms. The van der Waals surface area contributed by atoms with Crippen LogP contribution in [0.3, 0.4) is 0 Å². The number of hydrogen-bond acceptors (Lipinski definition) is 1. The van der Waals surface area contributed by atoms with E-state index in [0.717, 1.165) is 24.4 Å².